The van der Waals surface area contributed by atoms with E-state index in [1.807, 2.05) is 24.8 Å². The van der Waals surface area contributed by atoms with Crippen LogP contribution in [-0.4, -0.2) is 60.2 Å². The molecule has 0 atom stereocenters. The number of aromatic nitrogens is 2. The second-order valence-corrected chi connectivity index (χ2v) is 10.3. The molecule has 33 heavy (non-hydrogen) atoms. The van der Waals surface area contributed by atoms with E-state index in [1.54, 1.807) is 36.4 Å². The topological polar surface area (TPSA) is 115 Å². The molecule has 0 aliphatic rings. The van der Waals surface area contributed by atoms with Crippen molar-refractivity contribution in [2.75, 3.05) is 20.6 Å². The lowest BCUT2D eigenvalue weighted by atomic mass is 10.2. The van der Waals surface area contributed by atoms with Gasteiger partial charge in [0.25, 0.3) is 5.56 Å². The zero-order chi connectivity index (χ0) is 24.2. The van der Waals surface area contributed by atoms with Crippen molar-refractivity contribution in [2.24, 2.45) is 0 Å². The first-order valence-electron chi connectivity index (χ1n) is 10.6. The van der Waals surface area contributed by atoms with E-state index in [9.17, 15) is 18.0 Å². The Balaban J connectivity index is 1.71. The van der Waals surface area contributed by atoms with Crippen molar-refractivity contribution in [3.8, 4) is 0 Å². The molecule has 3 rings (SSSR count). The highest BCUT2D eigenvalue weighted by molar-refractivity contribution is 7.89. The van der Waals surface area contributed by atoms with Crippen molar-refractivity contribution < 1.29 is 13.2 Å². The second kappa shape index (κ2) is 10.2. The molecule has 0 saturated heterocycles. The third-order valence-electron chi connectivity index (χ3n) is 5.30. The molecule has 1 heterocycles. The van der Waals surface area contributed by atoms with Gasteiger partial charge in [-0.25, -0.2) is 17.7 Å². The summed E-state index contributed by atoms with van der Waals surface area (Å²) in [5, 5.41) is 3.32. The molecule has 0 aliphatic carbocycles. The van der Waals surface area contributed by atoms with Crippen LogP contribution in [0.2, 0.25) is 0 Å². The number of hydrogen-bond acceptors (Lipinski definition) is 6. The van der Waals surface area contributed by atoms with E-state index < -0.39 is 10.0 Å². The monoisotopic (exact) mass is 471 g/mol. The zero-order valence-corrected chi connectivity index (χ0v) is 20.0. The Morgan fingerprint density at radius 3 is 2.45 bits per heavy atom. The Kier molecular flexibility index (Phi) is 7.62. The fourth-order valence-electron chi connectivity index (χ4n) is 3.36. The lowest BCUT2D eigenvalue weighted by Gasteiger charge is -2.25. The molecule has 1 aromatic heterocycles. The largest absolute Gasteiger partial charge is 0.351 e. The number of benzene rings is 2. The van der Waals surface area contributed by atoms with Crippen molar-refractivity contribution in [2.45, 2.75) is 37.9 Å². The molecule has 0 radical (unpaired) electrons. The molecule has 3 aromatic rings. The third kappa shape index (κ3) is 5.84. The molecule has 0 fully saturated rings. The normalized spacial score (nSPS) is 12.1. The Bertz CT molecular complexity index is 1300. The minimum atomic E-state index is -3.63. The Hall–Kier alpha value is -3.08. The van der Waals surface area contributed by atoms with E-state index in [0.29, 0.717) is 22.3 Å². The van der Waals surface area contributed by atoms with Gasteiger partial charge in [-0.05, 0) is 37.6 Å². The first-order chi connectivity index (χ1) is 15.6. The molecule has 176 valence electrons. The first-order valence-corrected chi connectivity index (χ1v) is 12.0. The van der Waals surface area contributed by atoms with Crippen LogP contribution in [0.25, 0.3) is 10.9 Å². The van der Waals surface area contributed by atoms with Crippen LogP contribution in [0.3, 0.4) is 0 Å². The standard InChI is InChI=1S/C23H29N5O4S/c1-16(2)28(14-21-25-19-11-7-6-10-18(19)23(30)26-21)15-22(29)24-13-17-9-5-8-12-20(17)33(31,32)27(3)4/h5-12,16H,13-15H2,1-4H3,(H,24,29)(H,25,26,30). The van der Waals surface area contributed by atoms with Gasteiger partial charge in [-0.3, -0.25) is 14.5 Å². The summed E-state index contributed by atoms with van der Waals surface area (Å²) < 4.78 is 26.3. The van der Waals surface area contributed by atoms with Crippen LogP contribution in [0.1, 0.15) is 25.2 Å². The second-order valence-electron chi connectivity index (χ2n) is 8.20. The minimum Gasteiger partial charge on any atom is -0.351 e. The summed E-state index contributed by atoms with van der Waals surface area (Å²) in [4.78, 5) is 34.4. The highest BCUT2D eigenvalue weighted by Crippen LogP contribution is 2.18. The first kappa shape index (κ1) is 24.6. The van der Waals surface area contributed by atoms with Gasteiger partial charge in [0.15, 0.2) is 0 Å². The number of amides is 1. The molecular weight excluding hydrogens is 442 g/mol. The van der Waals surface area contributed by atoms with Crippen LogP contribution in [-0.2, 0) is 27.9 Å². The van der Waals surface area contributed by atoms with Crippen molar-refractivity contribution in [1.82, 2.24) is 24.5 Å². The van der Waals surface area contributed by atoms with E-state index in [1.165, 1.54) is 20.2 Å². The summed E-state index contributed by atoms with van der Waals surface area (Å²) in [7, 11) is -0.688. The van der Waals surface area contributed by atoms with Crippen molar-refractivity contribution >= 4 is 26.8 Å². The zero-order valence-electron chi connectivity index (χ0n) is 19.2. The Labute approximate surface area is 193 Å². The van der Waals surface area contributed by atoms with Crippen LogP contribution < -0.4 is 10.9 Å². The number of nitrogens with one attached hydrogen (secondary N) is 2. The SMILES string of the molecule is CC(C)N(CC(=O)NCc1ccccc1S(=O)(=O)N(C)C)Cc1nc2ccccc2c(=O)[nH]1. The molecule has 9 nitrogen and oxygen atoms in total. The predicted molar refractivity (Wildman–Crippen MR) is 127 cm³/mol. The molecule has 0 bridgehead atoms. The van der Waals surface area contributed by atoms with Gasteiger partial charge in [-0.2, -0.15) is 0 Å². The smallest absolute Gasteiger partial charge is 0.258 e. The van der Waals surface area contributed by atoms with E-state index in [0.717, 1.165) is 4.31 Å². The van der Waals surface area contributed by atoms with Crippen molar-refractivity contribution in [3.63, 3.8) is 0 Å². The van der Waals surface area contributed by atoms with E-state index in [2.05, 4.69) is 15.3 Å². The summed E-state index contributed by atoms with van der Waals surface area (Å²) in [6.07, 6.45) is 0. The Morgan fingerprint density at radius 2 is 1.76 bits per heavy atom. The van der Waals surface area contributed by atoms with Gasteiger partial charge in [0, 0.05) is 26.7 Å². The average Bonchev–Trinajstić information content (AvgIpc) is 2.77. The van der Waals surface area contributed by atoms with E-state index in [-0.39, 0.29) is 42.0 Å². The molecule has 1 amide bonds. The lowest BCUT2D eigenvalue weighted by molar-refractivity contribution is -0.123. The van der Waals surface area contributed by atoms with Crippen LogP contribution in [0.15, 0.2) is 58.2 Å². The molecule has 0 unspecified atom stereocenters. The highest BCUT2D eigenvalue weighted by atomic mass is 32.2. The lowest BCUT2D eigenvalue weighted by Crippen LogP contribution is -2.41. The average molecular weight is 472 g/mol. The van der Waals surface area contributed by atoms with E-state index >= 15 is 0 Å². The summed E-state index contributed by atoms with van der Waals surface area (Å²) in [6, 6.07) is 13.7. The molecule has 0 aliphatic heterocycles. The van der Waals surface area contributed by atoms with Crippen molar-refractivity contribution in [1.29, 1.82) is 0 Å². The number of nitrogens with zero attached hydrogens (tertiary/aromatic N) is 3. The number of carbonyl (C=O) groups is 1. The molecule has 0 saturated carbocycles. The summed E-state index contributed by atoms with van der Waals surface area (Å²) in [5.41, 5.74) is 0.891. The minimum absolute atomic E-state index is 0.00827. The number of fused-ring (bicyclic) bond motifs is 1. The molecule has 10 heteroatoms. The molecule has 0 spiro atoms. The van der Waals surface area contributed by atoms with Crippen LogP contribution in [0.4, 0.5) is 0 Å². The number of H-pyrrole nitrogens is 1. The van der Waals surface area contributed by atoms with E-state index in [4.69, 9.17) is 0 Å². The van der Waals surface area contributed by atoms with Gasteiger partial charge in [0.05, 0.1) is 28.9 Å². The number of hydrogen-bond donors (Lipinski definition) is 2. The van der Waals surface area contributed by atoms with Crippen LogP contribution >= 0.6 is 0 Å². The summed E-state index contributed by atoms with van der Waals surface area (Å²) in [6.45, 7) is 4.34. The fraction of sp³-hybridized carbons (Fsp3) is 0.348. The predicted octanol–water partition coefficient (Wildman–Crippen LogP) is 1.70. The molecular formula is C23H29N5O4S. The van der Waals surface area contributed by atoms with Gasteiger partial charge in [0.2, 0.25) is 15.9 Å². The van der Waals surface area contributed by atoms with Gasteiger partial charge in [-0.15, -0.1) is 0 Å². The number of rotatable bonds is 9. The maximum Gasteiger partial charge on any atom is 0.258 e. The number of carbonyl (C=O) groups excluding carboxylic acids is 1. The quantitative estimate of drug-likeness (QED) is 0.491. The number of sulfonamides is 1. The van der Waals surface area contributed by atoms with Crippen molar-refractivity contribution in [3.05, 3.63) is 70.3 Å². The third-order valence-corrected chi connectivity index (χ3v) is 7.21. The van der Waals surface area contributed by atoms with Crippen LogP contribution in [0, 0.1) is 0 Å². The molecule has 2 N–H and O–H groups in total. The summed E-state index contributed by atoms with van der Waals surface area (Å²) >= 11 is 0. The maximum absolute atomic E-state index is 12.7. The van der Waals surface area contributed by atoms with Gasteiger partial charge in [-0.1, -0.05) is 30.3 Å². The fourth-order valence-corrected chi connectivity index (χ4v) is 4.47. The number of para-hydroxylation sites is 1. The van der Waals surface area contributed by atoms with Crippen LogP contribution in [0.5, 0.6) is 0 Å². The molecule has 2 aromatic carbocycles. The highest BCUT2D eigenvalue weighted by Gasteiger charge is 2.21. The number of aromatic amines is 1. The van der Waals surface area contributed by atoms with Gasteiger partial charge < -0.3 is 10.3 Å². The van der Waals surface area contributed by atoms with Gasteiger partial charge >= 0.3 is 0 Å². The maximum atomic E-state index is 12.7. The van der Waals surface area contributed by atoms with Gasteiger partial charge in [0.1, 0.15) is 5.82 Å². The Morgan fingerprint density at radius 1 is 1.09 bits per heavy atom. The summed E-state index contributed by atoms with van der Waals surface area (Å²) in [5.74, 6) is 0.214.